The largest absolute Gasteiger partial charge is 0.480 e. The van der Waals surface area contributed by atoms with Crippen molar-refractivity contribution in [1.29, 1.82) is 0 Å². The summed E-state index contributed by atoms with van der Waals surface area (Å²) in [6.07, 6.45) is 0.442. The van der Waals surface area contributed by atoms with Crippen molar-refractivity contribution in [1.82, 2.24) is 4.90 Å². The lowest BCUT2D eigenvalue weighted by atomic mass is 10.1. The number of nitrogens with zero attached hydrogens (tertiary/aromatic N) is 2. The first-order chi connectivity index (χ1) is 9.90. The van der Waals surface area contributed by atoms with Crippen LogP contribution in [0.15, 0.2) is 24.3 Å². The van der Waals surface area contributed by atoms with Gasteiger partial charge in [0.2, 0.25) is 11.8 Å². The van der Waals surface area contributed by atoms with Crippen LogP contribution >= 0.6 is 22.6 Å². The SMILES string of the molecule is CC(=O)N(c1ccc(I)cc1)C1CCN(CC(=O)O)C1=O. The third kappa shape index (κ3) is 3.52. The minimum atomic E-state index is -1.05. The second kappa shape index (κ2) is 6.42. The fraction of sp³-hybridized carbons (Fsp3) is 0.357. The molecule has 7 heteroatoms. The molecule has 1 N–H and O–H groups in total. The van der Waals surface area contributed by atoms with Crippen LogP contribution in [0.5, 0.6) is 0 Å². The quantitative estimate of drug-likeness (QED) is 0.772. The summed E-state index contributed by atoms with van der Waals surface area (Å²) in [4.78, 5) is 37.7. The number of carbonyl (C=O) groups excluding carboxylic acids is 2. The molecule has 0 aliphatic carbocycles. The van der Waals surface area contributed by atoms with Gasteiger partial charge in [-0.15, -0.1) is 0 Å². The Kier molecular flexibility index (Phi) is 4.81. The van der Waals surface area contributed by atoms with Gasteiger partial charge in [0.05, 0.1) is 0 Å². The second-order valence-electron chi connectivity index (χ2n) is 4.82. The molecule has 112 valence electrons. The molecule has 0 radical (unpaired) electrons. The van der Waals surface area contributed by atoms with E-state index in [1.54, 1.807) is 12.1 Å². The minimum absolute atomic E-state index is 0.230. The first kappa shape index (κ1) is 15.7. The Labute approximate surface area is 135 Å². The molecule has 1 heterocycles. The van der Waals surface area contributed by atoms with Crippen LogP contribution in [0, 0.1) is 3.57 Å². The number of halogens is 1. The third-order valence-corrected chi connectivity index (χ3v) is 4.07. The number of anilines is 1. The molecule has 1 aromatic rings. The normalized spacial score (nSPS) is 17.9. The van der Waals surface area contributed by atoms with Crippen molar-refractivity contribution in [3.05, 3.63) is 27.8 Å². The maximum absolute atomic E-state index is 12.3. The van der Waals surface area contributed by atoms with Crippen molar-refractivity contribution >= 4 is 46.1 Å². The van der Waals surface area contributed by atoms with Gasteiger partial charge >= 0.3 is 5.97 Å². The Balaban J connectivity index is 2.24. The van der Waals surface area contributed by atoms with Gasteiger partial charge in [-0.2, -0.15) is 0 Å². The number of hydrogen-bond donors (Lipinski definition) is 1. The summed E-state index contributed by atoms with van der Waals surface area (Å²) >= 11 is 2.16. The van der Waals surface area contributed by atoms with Crippen LogP contribution in [-0.4, -0.2) is 46.9 Å². The fourth-order valence-corrected chi connectivity index (χ4v) is 2.82. The average Bonchev–Trinajstić information content (AvgIpc) is 2.73. The van der Waals surface area contributed by atoms with E-state index in [1.807, 2.05) is 12.1 Å². The molecule has 0 spiro atoms. The van der Waals surface area contributed by atoms with E-state index in [0.29, 0.717) is 18.7 Å². The lowest BCUT2D eigenvalue weighted by Crippen LogP contribution is -2.45. The molecule has 0 aromatic heterocycles. The molecule has 1 aliphatic rings. The summed E-state index contributed by atoms with van der Waals surface area (Å²) in [6.45, 7) is 1.43. The highest BCUT2D eigenvalue weighted by atomic mass is 127. The Morgan fingerprint density at radius 3 is 2.52 bits per heavy atom. The molecular weight excluding hydrogens is 387 g/mol. The molecule has 0 saturated carbocycles. The van der Waals surface area contributed by atoms with Crippen LogP contribution in [-0.2, 0) is 14.4 Å². The zero-order chi connectivity index (χ0) is 15.6. The summed E-state index contributed by atoms with van der Waals surface area (Å²) in [5.74, 6) is -1.59. The van der Waals surface area contributed by atoms with Crippen LogP contribution < -0.4 is 4.90 Å². The predicted octanol–water partition coefficient (Wildman–Crippen LogP) is 1.33. The van der Waals surface area contributed by atoms with Crippen molar-refractivity contribution in [2.24, 2.45) is 0 Å². The Hall–Kier alpha value is -1.64. The Bertz CT molecular complexity index is 573. The highest BCUT2D eigenvalue weighted by Gasteiger charge is 2.38. The molecule has 1 unspecified atom stereocenters. The van der Waals surface area contributed by atoms with Gasteiger partial charge < -0.3 is 14.9 Å². The number of benzene rings is 1. The lowest BCUT2D eigenvalue weighted by Gasteiger charge is -2.27. The van der Waals surface area contributed by atoms with Gasteiger partial charge in [-0.3, -0.25) is 14.4 Å². The number of aliphatic carboxylic acids is 1. The standard InChI is InChI=1S/C14H15IN2O4/c1-9(18)17(11-4-2-10(15)3-5-11)12-6-7-16(14(12)21)8-13(19)20/h2-5,12H,6-8H2,1H3,(H,19,20). The average molecular weight is 402 g/mol. The van der Waals surface area contributed by atoms with E-state index in [-0.39, 0.29) is 18.4 Å². The molecule has 6 nitrogen and oxygen atoms in total. The number of rotatable bonds is 4. The maximum atomic E-state index is 12.3. The molecule has 2 amide bonds. The summed E-state index contributed by atoms with van der Waals surface area (Å²) in [5, 5.41) is 8.80. The van der Waals surface area contributed by atoms with Gasteiger partial charge in [-0.05, 0) is 53.3 Å². The molecule has 21 heavy (non-hydrogen) atoms. The number of likely N-dealkylation sites (tertiary alicyclic amines) is 1. The number of amides is 2. The highest BCUT2D eigenvalue weighted by molar-refractivity contribution is 14.1. The molecule has 2 rings (SSSR count). The van der Waals surface area contributed by atoms with E-state index >= 15 is 0 Å². The van der Waals surface area contributed by atoms with E-state index in [0.717, 1.165) is 3.57 Å². The van der Waals surface area contributed by atoms with Gasteiger partial charge in [0, 0.05) is 22.7 Å². The van der Waals surface area contributed by atoms with Crippen LogP contribution in [0.4, 0.5) is 5.69 Å². The minimum Gasteiger partial charge on any atom is -0.480 e. The van der Waals surface area contributed by atoms with Crippen molar-refractivity contribution in [3.63, 3.8) is 0 Å². The Morgan fingerprint density at radius 1 is 1.38 bits per heavy atom. The molecule has 1 aromatic carbocycles. The van der Waals surface area contributed by atoms with Crippen LogP contribution in [0.1, 0.15) is 13.3 Å². The van der Waals surface area contributed by atoms with Gasteiger partial charge in [-0.1, -0.05) is 0 Å². The monoisotopic (exact) mass is 402 g/mol. The van der Waals surface area contributed by atoms with Gasteiger partial charge in [0.25, 0.3) is 0 Å². The number of carbonyl (C=O) groups is 3. The van der Waals surface area contributed by atoms with Crippen molar-refractivity contribution < 1.29 is 19.5 Å². The number of carboxylic acid groups (broad SMARTS) is 1. The van der Waals surface area contributed by atoms with Crippen LogP contribution in [0.2, 0.25) is 0 Å². The van der Waals surface area contributed by atoms with E-state index in [4.69, 9.17) is 5.11 Å². The Morgan fingerprint density at radius 2 is 2.00 bits per heavy atom. The molecular formula is C14H15IN2O4. The molecule has 1 atom stereocenters. The maximum Gasteiger partial charge on any atom is 0.323 e. The van der Waals surface area contributed by atoms with Gasteiger partial charge in [0.15, 0.2) is 0 Å². The van der Waals surface area contributed by atoms with Crippen LogP contribution in [0.25, 0.3) is 0 Å². The zero-order valence-electron chi connectivity index (χ0n) is 11.5. The number of carboxylic acids is 1. The van der Waals surface area contributed by atoms with Crippen molar-refractivity contribution in [2.75, 3.05) is 18.0 Å². The summed E-state index contributed by atoms with van der Waals surface area (Å²) in [5.41, 5.74) is 0.651. The van der Waals surface area contributed by atoms with E-state index in [9.17, 15) is 14.4 Å². The van der Waals surface area contributed by atoms with Crippen molar-refractivity contribution in [3.8, 4) is 0 Å². The van der Waals surface area contributed by atoms with E-state index < -0.39 is 12.0 Å². The van der Waals surface area contributed by atoms with E-state index in [2.05, 4.69) is 22.6 Å². The van der Waals surface area contributed by atoms with Gasteiger partial charge in [0.1, 0.15) is 12.6 Å². The van der Waals surface area contributed by atoms with Crippen molar-refractivity contribution in [2.45, 2.75) is 19.4 Å². The lowest BCUT2D eigenvalue weighted by molar-refractivity contribution is -0.143. The molecule has 0 bridgehead atoms. The van der Waals surface area contributed by atoms with E-state index in [1.165, 1.54) is 16.7 Å². The fourth-order valence-electron chi connectivity index (χ4n) is 2.47. The molecule has 1 saturated heterocycles. The second-order valence-corrected chi connectivity index (χ2v) is 6.07. The summed E-state index contributed by atoms with van der Waals surface area (Å²) in [6, 6.07) is 6.68. The predicted molar refractivity (Wildman–Crippen MR) is 84.9 cm³/mol. The highest BCUT2D eigenvalue weighted by Crippen LogP contribution is 2.25. The number of hydrogen-bond acceptors (Lipinski definition) is 3. The smallest absolute Gasteiger partial charge is 0.323 e. The molecule has 1 aliphatic heterocycles. The first-order valence-electron chi connectivity index (χ1n) is 6.46. The third-order valence-electron chi connectivity index (χ3n) is 3.35. The van der Waals surface area contributed by atoms with Gasteiger partial charge in [-0.25, -0.2) is 0 Å². The topological polar surface area (TPSA) is 77.9 Å². The van der Waals surface area contributed by atoms with Crippen LogP contribution in [0.3, 0.4) is 0 Å². The summed E-state index contributed by atoms with van der Waals surface area (Å²) < 4.78 is 1.03. The first-order valence-corrected chi connectivity index (χ1v) is 7.54. The molecule has 1 fully saturated rings. The zero-order valence-corrected chi connectivity index (χ0v) is 13.6. The summed E-state index contributed by atoms with van der Waals surface area (Å²) in [7, 11) is 0.